The summed E-state index contributed by atoms with van der Waals surface area (Å²) in [6, 6.07) is -0.861. The molecule has 0 saturated heterocycles. The number of hydrogen-bond acceptors (Lipinski definition) is 5. The average molecular weight is 368 g/mol. The van der Waals surface area contributed by atoms with Gasteiger partial charge in [-0.2, -0.15) is 0 Å². The van der Waals surface area contributed by atoms with Gasteiger partial charge in [0.05, 0.1) is 6.61 Å². The minimum atomic E-state index is -0.861. The summed E-state index contributed by atoms with van der Waals surface area (Å²) in [5, 5.41) is 2.55. The number of hydrogen-bond donors (Lipinski definition) is 1. The Labute approximate surface area is 156 Å². The highest BCUT2D eigenvalue weighted by atomic mass is 16.6. The summed E-state index contributed by atoms with van der Waals surface area (Å²) >= 11 is 0. The molecular formula is C19H32N2O5. The Hall–Kier alpha value is -2.31. The quantitative estimate of drug-likeness (QED) is 0.344. The molecule has 1 N–H and O–H groups in total. The third kappa shape index (κ3) is 10.5. The number of unbranched alkanes of at least 4 members (excludes halogenated alkanes) is 1. The Morgan fingerprint density at radius 3 is 2.35 bits per heavy atom. The van der Waals surface area contributed by atoms with Gasteiger partial charge in [0, 0.05) is 6.54 Å². The van der Waals surface area contributed by atoms with E-state index in [1.807, 2.05) is 0 Å². The number of alkyl carbamates (subject to hydrolysis) is 1. The van der Waals surface area contributed by atoms with Crippen molar-refractivity contribution in [3.63, 3.8) is 0 Å². The highest BCUT2D eigenvalue weighted by molar-refractivity contribution is 5.88. The van der Waals surface area contributed by atoms with E-state index in [1.165, 1.54) is 11.0 Å². The van der Waals surface area contributed by atoms with Crippen LogP contribution < -0.4 is 5.32 Å². The molecule has 0 rings (SSSR count). The molecule has 0 spiro atoms. The fourth-order valence-electron chi connectivity index (χ4n) is 2.11. The lowest BCUT2D eigenvalue weighted by atomic mass is 10.1. The maximum atomic E-state index is 12.8. The van der Waals surface area contributed by atoms with Gasteiger partial charge in [0.25, 0.3) is 0 Å². The Kier molecular flexibility index (Phi) is 11.0. The minimum Gasteiger partial charge on any atom is -0.465 e. The predicted octanol–water partition coefficient (Wildman–Crippen LogP) is 2.81. The first-order valence-electron chi connectivity index (χ1n) is 8.80. The van der Waals surface area contributed by atoms with E-state index in [0.29, 0.717) is 19.4 Å². The Morgan fingerprint density at radius 1 is 1.19 bits per heavy atom. The average Bonchev–Trinajstić information content (AvgIpc) is 2.51. The Bertz CT molecular complexity index is 497. The lowest BCUT2D eigenvalue weighted by Crippen LogP contribution is -2.51. The number of rotatable bonds is 11. The number of nitrogens with one attached hydrogen (secondary N) is 1. The van der Waals surface area contributed by atoms with E-state index in [2.05, 4.69) is 18.5 Å². The van der Waals surface area contributed by atoms with Crippen molar-refractivity contribution in [2.75, 3.05) is 19.7 Å². The smallest absolute Gasteiger partial charge is 0.408 e. The summed E-state index contributed by atoms with van der Waals surface area (Å²) in [6.07, 6.45) is 4.16. The second kappa shape index (κ2) is 12.1. The molecule has 0 aromatic carbocycles. The van der Waals surface area contributed by atoms with Crippen LogP contribution in [0.3, 0.4) is 0 Å². The van der Waals surface area contributed by atoms with Crippen LogP contribution in [0.15, 0.2) is 25.3 Å². The molecule has 0 aromatic rings. The van der Waals surface area contributed by atoms with Crippen molar-refractivity contribution in [1.82, 2.24) is 10.2 Å². The predicted molar refractivity (Wildman–Crippen MR) is 101 cm³/mol. The van der Waals surface area contributed by atoms with Crippen LogP contribution in [0.4, 0.5) is 4.79 Å². The molecule has 0 heterocycles. The molecule has 148 valence electrons. The largest absolute Gasteiger partial charge is 0.465 e. The van der Waals surface area contributed by atoms with E-state index in [0.717, 1.165) is 0 Å². The number of nitrogens with zero attached hydrogens (tertiary/aromatic N) is 1. The number of carbonyl (C=O) groups is 3. The van der Waals surface area contributed by atoms with Gasteiger partial charge in [0.15, 0.2) is 0 Å². The van der Waals surface area contributed by atoms with Crippen LogP contribution in [-0.4, -0.2) is 54.2 Å². The van der Waals surface area contributed by atoms with Crippen LogP contribution in [0.5, 0.6) is 0 Å². The van der Waals surface area contributed by atoms with Crippen LogP contribution in [0.1, 0.15) is 47.0 Å². The lowest BCUT2D eigenvalue weighted by molar-refractivity contribution is -0.149. The van der Waals surface area contributed by atoms with Gasteiger partial charge in [-0.3, -0.25) is 9.59 Å². The first kappa shape index (κ1) is 23.7. The fourth-order valence-corrected chi connectivity index (χ4v) is 2.11. The zero-order chi connectivity index (χ0) is 20.2. The van der Waals surface area contributed by atoms with Crippen molar-refractivity contribution < 1.29 is 23.9 Å². The van der Waals surface area contributed by atoms with E-state index in [1.54, 1.807) is 33.8 Å². The summed E-state index contributed by atoms with van der Waals surface area (Å²) in [5.74, 6) is -0.873. The third-order valence-corrected chi connectivity index (χ3v) is 3.16. The van der Waals surface area contributed by atoms with Crippen LogP contribution in [0.2, 0.25) is 0 Å². The van der Waals surface area contributed by atoms with Crippen molar-refractivity contribution in [3.05, 3.63) is 25.3 Å². The molecule has 0 aromatic heterocycles. The van der Waals surface area contributed by atoms with Gasteiger partial charge >= 0.3 is 12.1 Å². The first-order chi connectivity index (χ1) is 12.1. The van der Waals surface area contributed by atoms with E-state index >= 15 is 0 Å². The van der Waals surface area contributed by atoms with Crippen molar-refractivity contribution in [2.24, 2.45) is 0 Å². The minimum absolute atomic E-state index is 0.173. The summed E-state index contributed by atoms with van der Waals surface area (Å²) in [6.45, 7) is 14.6. The second-order valence-electron chi connectivity index (χ2n) is 6.72. The molecule has 0 aliphatic rings. The Balaban J connectivity index is 5.13. The highest BCUT2D eigenvalue weighted by Crippen LogP contribution is 2.09. The molecule has 0 fully saturated rings. The summed E-state index contributed by atoms with van der Waals surface area (Å²) in [5.41, 5.74) is -0.680. The van der Waals surface area contributed by atoms with E-state index in [9.17, 15) is 14.4 Å². The highest BCUT2D eigenvalue weighted by Gasteiger charge is 2.28. The molecule has 0 saturated carbocycles. The van der Waals surface area contributed by atoms with Crippen molar-refractivity contribution in [2.45, 2.75) is 58.6 Å². The summed E-state index contributed by atoms with van der Waals surface area (Å²) in [4.78, 5) is 38.0. The molecule has 2 amide bonds. The standard InChI is InChI=1S/C19H32N2O5/c1-7-10-11-13-21(14-16(22)25-9-3)17(23)15(12-8-2)20-18(24)26-19(4,5)6/h7-8,15H,1-2,9-14H2,3-6H3,(H,20,24)/t15-/m0/s1. The SMILES string of the molecule is C=CCCCN(CC(=O)OCC)C(=O)[C@H](CC=C)NC(=O)OC(C)(C)C. The Morgan fingerprint density at radius 2 is 1.85 bits per heavy atom. The first-order valence-corrected chi connectivity index (χ1v) is 8.80. The molecule has 7 heteroatoms. The van der Waals surface area contributed by atoms with Crippen molar-refractivity contribution in [3.8, 4) is 0 Å². The van der Waals surface area contributed by atoms with Crippen LogP contribution in [0.25, 0.3) is 0 Å². The lowest BCUT2D eigenvalue weighted by Gasteiger charge is -2.28. The second-order valence-corrected chi connectivity index (χ2v) is 6.72. The fraction of sp³-hybridized carbons (Fsp3) is 0.632. The molecular weight excluding hydrogens is 336 g/mol. The van der Waals surface area contributed by atoms with Gasteiger partial charge in [-0.15, -0.1) is 13.2 Å². The molecule has 1 atom stereocenters. The zero-order valence-electron chi connectivity index (χ0n) is 16.4. The molecule has 0 aliphatic carbocycles. The van der Waals surface area contributed by atoms with Crippen molar-refractivity contribution >= 4 is 18.0 Å². The van der Waals surface area contributed by atoms with E-state index < -0.39 is 23.7 Å². The molecule has 7 nitrogen and oxygen atoms in total. The van der Waals surface area contributed by atoms with Gasteiger partial charge in [0.1, 0.15) is 18.2 Å². The van der Waals surface area contributed by atoms with E-state index in [4.69, 9.17) is 9.47 Å². The normalized spacial score (nSPS) is 11.8. The maximum Gasteiger partial charge on any atom is 0.408 e. The van der Waals surface area contributed by atoms with Gasteiger partial charge in [-0.25, -0.2) is 4.79 Å². The molecule has 26 heavy (non-hydrogen) atoms. The number of carbonyl (C=O) groups excluding carboxylic acids is 3. The number of allylic oxidation sites excluding steroid dienone is 1. The van der Waals surface area contributed by atoms with Crippen LogP contribution in [0, 0.1) is 0 Å². The monoisotopic (exact) mass is 368 g/mol. The van der Waals surface area contributed by atoms with Crippen LogP contribution in [-0.2, 0) is 19.1 Å². The van der Waals surface area contributed by atoms with Gasteiger partial charge in [0.2, 0.25) is 5.91 Å². The zero-order valence-corrected chi connectivity index (χ0v) is 16.4. The van der Waals surface area contributed by atoms with Gasteiger partial charge in [-0.1, -0.05) is 12.2 Å². The summed E-state index contributed by atoms with van der Waals surface area (Å²) < 4.78 is 10.1. The van der Waals surface area contributed by atoms with Gasteiger partial charge < -0.3 is 19.7 Å². The molecule has 0 aliphatic heterocycles. The molecule has 0 radical (unpaired) electrons. The number of ether oxygens (including phenoxy) is 2. The van der Waals surface area contributed by atoms with Crippen molar-refractivity contribution in [1.29, 1.82) is 0 Å². The van der Waals surface area contributed by atoms with Gasteiger partial charge in [-0.05, 0) is 47.0 Å². The van der Waals surface area contributed by atoms with E-state index in [-0.39, 0.29) is 25.5 Å². The number of esters is 1. The molecule has 0 bridgehead atoms. The van der Waals surface area contributed by atoms with Crippen LogP contribution >= 0.6 is 0 Å². The molecule has 0 unspecified atom stereocenters. The maximum absolute atomic E-state index is 12.8. The number of amides is 2. The topological polar surface area (TPSA) is 84.9 Å². The third-order valence-electron chi connectivity index (χ3n) is 3.16. The summed E-state index contributed by atoms with van der Waals surface area (Å²) in [7, 11) is 0.